The zero-order valence-electron chi connectivity index (χ0n) is 4.64. The van der Waals surface area contributed by atoms with Crippen molar-refractivity contribution in [1.29, 1.82) is 0 Å². The molecule has 0 rings (SSSR count). The Morgan fingerprint density at radius 3 is 2.67 bits per heavy atom. The third-order valence-electron chi connectivity index (χ3n) is 0.532. The molecule has 0 amide bonds. The maximum Gasteiger partial charge on any atom is 0.312 e. The highest BCUT2D eigenvalue weighted by Gasteiger charge is 2.03. The Morgan fingerprint density at radius 2 is 2.33 bits per heavy atom. The van der Waals surface area contributed by atoms with Gasteiger partial charge in [0.15, 0.2) is 0 Å². The van der Waals surface area contributed by atoms with Gasteiger partial charge in [-0.1, -0.05) is 29.3 Å². The molecule has 4 heteroatoms. The van der Waals surface area contributed by atoms with E-state index in [0.717, 1.165) is 0 Å². The van der Waals surface area contributed by atoms with Gasteiger partial charge in [0.05, 0.1) is 6.42 Å². The van der Waals surface area contributed by atoms with Gasteiger partial charge in [0.2, 0.25) is 0 Å². The molecule has 0 aromatic heterocycles. The summed E-state index contributed by atoms with van der Waals surface area (Å²) < 4.78 is 4.31. The second-order valence-electron chi connectivity index (χ2n) is 1.24. The summed E-state index contributed by atoms with van der Waals surface area (Å²) in [6.07, 6.45) is 1.55. The first-order chi connectivity index (χ1) is 4.16. The van der Waals surface area contributed by atoms with E-state index in [1.165, 1.54) is 6.08 Å². The minimum atomic E-state index is -1.07. The highest BCUT2D eigenvalue weighted by molar-refractivity contribution is 6.43. The van der Waals surface area contributed by atoms with E-state index in [0.29, 0.717) is 0 Å². The molecule has 0 radical (unpaired) electrons. The van der Waals surface area contributed by atoms with Gasteiger partial charge in [-0.25, -0.2) is 0 Å². The van der Waals surface area contributed by atoms with Gasteiger partial charge in [0, 0.05) is 0 Å². The van der Waals surface area contributed by atoms with Gasteiger partial charge < -0.3 is 4.74 Å². The molecule has 0 spiro atoms. The van der Waals surface area contributed by atoms with Gasteiger partial charge in [-0.05, 0) is 0 Å². The summed E-state index contributed by atoms with van der Waals surface area (Å²) >= 11 is 10.2. The van der Waals surface area contributed by atoms with Gasteiger partial charge in [-0.15, -0.1) is 6.58 Å². The Bertz CT molecular complexity index is 112. The quantitative estimate of drug-likeness (QED) is 0.366. The lowest BCUT2D eigenvalue weighted by Gasteiger charge is -2.00. The Kier molecular flexibility index (Phi) is 4.54. The van der Waals surface area contributed by atoms with Crippen molar-refractivity contribution >= 4 is 29.2 Å². The van der Waals surface area contributed by atoms with Crippen LogP contribution in [0.5, 0.6) is 0 Å². The average Bonchev–Trinajstić information content (AvgIpc) is 1.63. The molecule has 0 N–H and O–H groups in total. The van der Waals surface area contributed by atoms with Crippen LogP contribution in [0.4, 0.5) is 0 Å². The molecular formula is C5H6Cl2O2. The van der Waals surface area contributed by atoms with Crippen LogP contribution >= 0.6 is 23.2 Å². The third kappa shape index (κ3) is 5.66. The Hall–Kier alpha value is -0.210. The van der Waals surface area contributed by atoms with E-state index >= 15 is 0 Å². The molecule has 2 nitrogen and oxygen atoms in total. The van der Waals surface area contributed by atoms with E-state index in [1.807, 2.05) is 0 Å². The molecule has 0 aliphatic carbocycles. The van der Waals surface area contributed by atoms with Crippen molar-refractivity contribution in [3.8, 4) is 0 Å². The molecule has 0 saturated carbocycles. The number of carbonyl (C=O) groups excluding carboxylic acids is 1. The highest BCUT2D eigenvalue weighted by atomic mass is 35.5. The van der Waals surface area contributed by atoms with Crippen molar-refractivity contribution in [3.05, 3.63) is 12.7 Å². The molecule has 9 heavy (non-hydrogen) atoms. The van der Waals surface area contributed by atoms with Crippen LogP contribution in [0.25, 0.3) is 0 Å². The Balaban J connectivity index is 3.38. The maximum absolute atomic E-state index is 10.4. The number of alkyl halides is 2. The smallest absolute Gasteiger partial charge is 0.312 e. The summed E-state index contributed by atoms with van der Waals surface area (Å²) in [5.74, 6) is -0.472. The fourth-order valence-electron chi connectivity index (χ4n) is 0.265. The van der Waals surface area contributed by atoms with Crippen LogP contribution in [0.3, 0.4) is 0 Å². The minimum absolute atomic E-state index is 0.135. The topological polar surface area (TPSA) is 26.3 Å². The number of rotatable bonds is 3. The summed E-state index contributed by atoms with van der Waals surface area (Å²) in [6.45, 7) is 3.32. The lowest BCUT2D eigenvalue weighted by molar-refractivity contribution is -0.141. The Morgan fingerprint density at radius 1 is 1.78 bits per heavy atom. The van der Waals surface area contributed by atoms with Crippen LogP contribution in [-0.4, -0.2) is 11.0 Å². The third-order valence-corrected chi connectivity index (χ3v) is 0.710. The second-order valence-corrected chi connectivity index (χ2v) is 2.26. The summed E-state index contributed by atoms with van der Waals surface area (Å²) in [5.41, 5.74) is 0. The zero-order chi connectivity index (χ0) is 7.28. The predicted octanol–water partition coefficient (Wildman–Crippen LogP) is 1.87. The molecule has 0 heterocycles. The SMILES string of the molecule is C=CCC(=O)OC(Cl)Cl. The van der Waals surface area contributed by atoms with Gasteiger partial charge in [-0.3, -0.25) is 4.79 Å². The molecule has 0 atom stereocenters. The van der Waals surface area contributed by atoms with E-state index in [2.05, 4.69) is 11.3 Å². The second kappa shape index (κ2) is 4.65. The van der Waals surface area contributed by atoms with Gasteiger partial charge >= 0.3 is 5.97 Å². The van der Waals surface area contributed by atoms with Crippen molar-refractivity contribution in [1.82, 2.24) is 0 Å². The molecular weight excluding hydrogens is 163 g/mol. The van der Waals surface area contributed by atoms with Crippen molar-refractivity contribution in [3.63, 3.8) is 0 Å². The summed E-state index contributed by atoms with van der Waals surface area (Å²) in [5, 5.41) is -1.07. The van der Waals surface area contributed by atoms with Crippen LogP contribution in [0.15, 0.2) is 12.7 Å². The first-order valence-electron chi connectivity index (χ1n) is 2.25. The normalized spacial score (nSPS) is 9.22. The molecule has 0 unspecified atom stereocenters. The van der Waals surface area contributed by atoms with Crippen LogP contribution in [0, 0.1) is 0 Å². The van der Waals surface area contributed by atoms with E-state index in [1.54, 1.807) is 0 Å². The van der Waals surface area contributed by atoms with E-state index in [-0.39, 0.29) is 6.42 Å². The van der Waals surface area contributed by atoms with E-state index < -0.39 is 11.0 Å². The molecule has 0 saturated heterocycles. The van der Waals surface area contributed by atoms with Crippen LogP contribution in [0.2, 0.25) is 0 Å². The monoisotopic (exact) mass is 168 g/mol. The molecule has 0 fully saturated rings. The summed E-state index contributed by atoms with van der Waals surface area (Å²) in [4.78, 5) is 10.4. The number of esters is 1. The molecule has 0 aliphatic heterocycles. The molecule has 0 bridgehead atoms. The van der Waals surface area contributed by atoms with E-state index in [4.69, 9.17) is 23.2 Å². The summed E-state index contributed by atoms with van der Waals surface area (Å²) in [7, 11) is 0. The van der Waals surface area contributed by atoms with E-state index in [9.17, 15) is 4.79 Å². The van der Waals surface area contributed by atoms with Crippen molar-refractivity contribution in [2.75, 3.05) is 0 Å². The summed E-state index contributed by atoms with van der Waals surface area (Å²) in [6, 6.07) is 0. The highest BCUT2D eigenvalue weighted by Crippen LogP contribution is 2.04. The number of carbonyl (C=O) groups is 1. The number of halogens is 2. The van der Waals surface area contributed by atoms with Gasteiger partial charge in [0.1, 0.15) is 0 Å². The van der Waals surface area contributed by atoms with Gasteiger partial charge in [0.25, 0.3) is 5.02 Å². The fraction of sp³-hybridized carbons (Fsp3) is 0.400. The lowest BCUT2D eigenvalue weighted by Crippen LogP contribution is -2.05. The van der Waals surface area contributed by atoms with Crippen LogP contribution < -0.4 is 0 Å². The molecule has 0 aromatic carbocycles. The average molecular weight is 169 g/mol. The predicted molar refractivity (Wildman–Crippen MR) is 36.4 cm³/mol. The molecule has 0 aromatic rings. The number of hydrogen-bond donors (Lipinski definition) is 0. The Labute approximate surface area is 63.4 Å². The maximum atomic E-state index is 10.4. The zero-order valence-corrected chi connectivity index (χ0v) is 6.15. The van der Waals surface area contributed by atoms with Crippen molar-refractivity contribution < 1.29 is 9.53 Å². The fourth-order valence-corrected chi connectivity index (χ4v) is 0.464. The standard InChI is InChI=1S/C5H6Cl2O2/c1-2-3-4(8)9-5(6)7/h2,5H,1,3H2. The first-order valence-corrected chi connectivity index (χ1v) is 3.12. The van der Waals surface area contributed by atoms with Gasteiger partial charge in [-0.2, -0.15) is 0 Å². The largest absolute Gasteiger partial charge is 0.431 e. The number of ether oxygens (including phenoxy) is 1. The van der Waals surface area contributed by atoms with Crippen LogP contribution in [-0.2, 0) is 9.53 Å². The van der Waals surface area contributed by atoms with Crippen molar-refractivity contribution in [2.24, 2.45) is 0 Å². The molecule has 0 aliphatic rings. The first kappa shape index (κ1) is 8.79. The van der Waals surface area contributed by atoms with Crippen molar-refractivity contribution in [2.45, 2.75) is 11.4 Å². The van der Waals surface area contributed by atoms with Crippen LogP contribution in [0.1, 0.15) is 6.42 Å². The lowest BCUT2D eigenvalue weighted by atomic mass is 10.4. The molecule has 52 valence electrons. The minimum Gasteiger partial charge on any atom is -0.431 e. The number of hydrogen-bond acceptors (Lipinski definition) is 2.